The number of piperidine rings is 1. The number of nitrogen functional groups attached to an aromatic ring is 1. The molecule has 2 N–H and O–H groups in total. The van der Waals surface area contributed by atoms with Gasteiger partial charge in [0.15, 0.2) is 14.1 Å². The van der Waals surface area contributed by atoms with Gasteiger partial charge in [-0.25, -0.2) is 0 Å². The van der Waals surface area contributed by atoms with Crippen molar-refractivity contribution in [2.45, 2.75) is 51.7 Å². The number of hydrogen-bond acceptors (Lipinski definition) is 5. The molecule has 6 heteroatoms. The fourth-order valence-corrected chi connectivity index (χ4v) is 3.46. The molecule has 0 aromatic carbocycles. The van der Waals surface area contributed by atoms with Crippen LogP contribution in [0.2, 0.25) is 18.1 Å². The van der Waals surface area contributed by atoms with E-state index >= 15 is 0 Å². The molecule has 2 heterocycles. The molecule has 5 nitrogen and oxygen atoms in total. The van der Waals surface area contributed by atoms with Crippen LogP contribution >= 0.6 is 0 Å². The van der Waals surface area contributed by atoms with Crippen LogP contribution in [0.15, 0.2) is 12.1 Å². The first kappa shape index (κ1) is 17.2. The van der Waals surface area contributed by atoms with Gasteiger partial charge in [-0.3, -0.25) is 0 Å². The lowest BCUT2D eigenvalue weighted by molar-refractivity contribution is 0.205. The summed E-state index contributed by atoms with van der Waals surface area (Å²) in [5.74, 6) is 2.06. The van der Waals surface area contributed by atoms with Crippen molar-refractivity contribution in [1.29, 1.82) is 0 Å². The molecule has 0 bridgehead atoms. The van der Waals surface area contributed by atoms with Gasteiger partial charge >= 0.3 is 0 Å². The zero-order valence-corrected chi connectivity index (χ0v) is 15.6. The average Bonchev–Trinajstić information content (AvgIpc) is 2.45. The average molecular weight is 323 g/mol. The SMILES string of the molecule is CC(C)(C)[Si](C)(C)OCC1CCN(c2ccc(N)nn2)CC1. The lowest BCUT2D eigenvalue weighted by Crippen LogP contribution is -2.43. The summed E-state index contributed by atoms with van der Waals surface area (Å²) in [5.41, 5.74) is 5.59. The summed E-state index contributed by atoms with van der Waals surface area (Å²) in [6.45, 7) is 14.5. The second-order valence-electron chi connectivity index (χ2n) is 7.82. The molecule has 0 aliphatic carbocycles. The first-order valence-electron chi connectivity index (χ1n) is 8.17. The van der Waals surface area contributed by atoms with Gasteiger partial charge in [0, 0.05) is 19.7 Å². The molecular weight excluding hydrogens is 292 g/mol. The Labute approximate surface area is 135 Å². The molecule has 0 atom stereocenters. The van der Waals surface area contributed by atoms with Gasteiger partial charge in [-0.1, -0.05) is 20.8 Å². The third kappa shape index (κ3) is 4.20. The monoisotopic (exact) mass is 322 g/mol. The van der Waals surface area contributed by atoms with Crippen molar-refractivity contribution < 1.29 is 4.43 Å². The van der Waals surface area contributed by atoms with Gasteiger partial charge < -0.3 is 15.1 Å². The van der Waals surface area contributed by atoms with E-state index in [9.17, 15) is 0 Å². The van der Waals surface area contributed by atoms with E-state index in [4.69, 9.17) is 10.2 Å². The third-order valence-electron chi connectivity index (χ3n) is 5.10. The molecular formula is C16H30N4OSi. The van der Waals surface area contributed by atoms with Gasteiger partial charge in [0.1, 0.15) is 5.82 Å². The fourth-order valence-electron chi connectivity index (χ4n) is 2.38. The van der Waals surface area contributed by atoms with Crippen molar-refractivity contribution in [1.82, 2.24) is 10.2 Å². The minimum absolute atomic E-state index is 0.285. The van der Waals surface area contributed by atoms with Gasteiger partial charge in [0.05, 0.1) is 0 Å². The Kier molecular flexibility index (Phi) is 5.12. The Balaban J connectivity index is 1.81. The van der Waals surface area contributed by atoms with Crippen LogP contribution in [0.5, 0.6) is 0 Å². The summed E-state index contributed by atoms with van der Waals surface area (Å²) in [6.07, 6.45) is 2.31. The first-order chi connectivity index (χ1) is 10.2. The lowest BCUT2D eigenvalue weighted by atomic mass is 9.98. The topological polar surface area (TPSA) is 64.3 Å². The van der Waals surface area contributed by atoms with E-state index in [0.29, 0.717) is 11.7 Å². The van der Waals surface area contributed by atoms with Crippen LogP contribution in [0.4, 0.5) is 11.6 Å². The Hall–Kier alpha value is -1.14. The van der Waals surface area contributed by atoms with Crippen molar-refractivity contribution >= 4 is 20.0 Å². The highest BCUT2D eigenvalue weighted by atomic mass is 28.4. The molecule has 0 radical (unpaired) electrons. The highest BCUT2D eigenvalue weighted by molar-refractivity contribution is 6.74. The van der Waals surface area contributed by atoms with E-state index in [1.165, 1.54) is 0 Å². The van der Waals surface area contributed by atoms with Gasteiger partial charge in [-0.05, 0) is 49.0 Å². The summed E-state index contributed by atoms with van der Waals surface area (Å²) in [4.78, 5) is 2.29. The quantitative estimate of drug-likeness (QED) is 0.862. The molecule has 1 aliphatic rings. The maximum absolute atomic E-state index is 6.37. The number of rotatable bonds is 4. The predicted molar refractivity (Wildman–Crippen MR) is 94.5 cm³/mol. The molecule has 124 valence electrons. The number of anilines is 2. The zero-order chi connectivity index (χ0) is 16.4. The first-order valence-corrected chi connectivity index (χ1v) is 11.1. The summed E-state index contributed by atoms with van der Waals surface area (Å²) in [5, 5.41) is 8.39. The van der Waals surface area contributed by atoms with Crippen LogP contribution in [-0.2, 0) is 4.43 Å². The second-order valence-corrected chi connectivity index (χ2v) is 12.6. The molecule has 1 saturated heterocycles. The molecule has 22 heavy (non-hydrogen) atoms. The van der Waals surface area contributed by atoms with Crippen LogP contribution in [-0.4, -0.2) is 38.2 Å². The fraction of sp³-hybridized carbons (Fsp3) is 0.750. The normalized spacial score (nSPS) is 17.8. The summed E-state index contributed by atoms with van der Waals surface area (Å²) < 4.78 is 6.37. The molecule has 0 spiro atoms. The van der Waals surface area contributed by atoms with Crippen LogP contribution in [0, 0.1) is 5.92 Å². The van der Waals surface area contributed by atoms with Crippen LogP contribution in [0.25, 0.3) is 0 Å². The smallest absolute Gasteiger partial charge is 0.191 e. The van der Waals surface area contributed by atoms with E-state index in [-0.39, 0.29) is 5.04 Å². The molecule has 1 fully saturated rings. The van der Waals surface area contributed by atoms with Gasteiger partial charge in [-0.2, -0.15) is 0 Å². The van der Waals surface area contributed by atoms with Crippen LogP contribution < -0.4 is 10.6 Å². The second kappa shape index (κ2) is 6.54. The lowest BCUT2D eigenvalue weighted by Gasteiger charge is -2.39. The molecule has 2 rings (SSSR count). The summed E-state index contributed by atoms with van der Waals surface area (Å²) >= 11 is 0. The Morgan fingerprint density at radius 2 is 1.86 bits per heavy atom. The largest absolute Gasteiger partial charge is 0.417 e. The van der Waals surface area contributed by atoms with E-state index < -0.39 is 8.32 Å². The van der Waals surface area contributed by atoms with Crippen LogP contribution in [0.3, 0.4) is 0 Å². The molecule has 1 aromatic rings. The van der Waals surface area contributed by atoms with Gasteiger partial charge in [-0.15, -0.1) is 10.2 Å². The predicted octanol–water partition coefficient (Wildman–Crippen LogP) is 3.30. The number of nitrogens with two attached hydrogens (primary N) is 1. The maximum Gasteiger partial charge on any atom is 0.191 e. The zero-order valence-electron chi connectivity index (χ0n) is 14.6. The Morgan fingerprint density at radius 1 is 1.23 bits per heavy atom. The van der Waals surface area contributed by atoms with Gasteiger partial charge in [0.25, 0.3) is 0 Å². The molecule has 1 aromatic heterocycles. The Bertz CT molecular complexity index is 476. The number of nitrogens with zero attached hydrogens (tertiary/aromatic N) is 3. The standard InChI is InChI=1S/C16H30N4OSi/c1-16(2,3)22(4,5)21-12-13-8-10-20(11-9-13)15-7-6-14(17)18-19-15/h6-7,13H,8-12H2,1-5H3,(H2,17,18). The highest BCUT2D eigenvalue weighted by Gasteiger charge is 2.37. The van der Waals surface area contributed by atoms with Crippen molar-refractivity contribution in [3.8, 4) is 0 Å². The molecule has 0 amide bonds. The van der Waals surface area contributed by atoms with Crippen LogP contribution in [0.1, 0.15) is 33.6 Å². The highest BCUT2D eigenvalue weighted by Crippen LogP contribution is 2.37. The number of aromatic nitrogens is 2. The minimum atomic E-state index is -1.63. The van der Waals surface area contributed by atoms with Crippen molar-refractivity contribution in [2.24, 2.45) is 5.92 Å². The summed E-state index contributed by atoms with van der Waals surface area (Å²) in [7, 11) is -1.63. The minimum Gasteiger partial charge on any atom is -0.417 e. The van der Waals surface area contributed by atoms with Gasteiger partial charge in [0.2, 0.25) is 0 Å². The third-order valence-corrected chi connectivity index (χ3v) is 9.60. The molecule has 0 unspecified atom stereocenters. The molecule has 1 aliphatic heterocycles. The van der Waals surface area contributed by atoms with Crippen molar-refractivity contribution in [3.63, 3.8) is 0 Å². The van der Waals surface area contributed by atoms with Crippen molar-refractivity contribution in [3.05, 3.63) is 12.1 Å². The molecule has 0 saturated carbocycles. The van der Waals surface area contributed by atoms with E-state index in [1.807, 2.05) is 12.1 Å². The van der Waals surface area contributed by atoms with E-state index in [2.05, 4.69) is 49.0 Å². The van der Waals surface area contributed by atoms with Crippen molar-refractivity contribution in [2.75, 3.05) is 30.3 Å². The van der Waals surface area contributed by atoms with E-state index in [1.54, 1.807) is 0 Å². The summed E-state index contributed by atoms with van der Waals surface area (Å²) in [6, 6.07) is 3.77. The van der Waals surface area contributed by atoms with E-state index in [0.717, 1.165) is 38.4 Å². The Morgan fingerprint density at radius 3 is 2.36 bits per heavy atom. The maximum atomic E-state index is 6.37. The number of hydrogen-bond donors (Lipinski definition) is 1.